The number of aromatic nitrogens is 7. The van der Waals surface area contributed by atoms with Crippen molar-refractivity contribution in [2.45, 2.75) is 232 Å². The predicted molar refractivity (Wildman–Crippen MR) is 408 cm³/mol. The zero-order valence-corrected chi connectivity index (χ0v) is 69.3. The van der Waals surface area contributed by atoms with Crippen LogP contribution >= 0.6 is 23.2 Å². The molecule has 570 valence electrons. The third-order valence-electron chi connectivity index (χ3n) is 20.8. The van der Waals surface area contributed by atoms with Crippen LogP contribution in [0.4, 0.5) is 17.1 Å². The smallest absolute Gasteiger partial charge is 1.00 e. The molecule has 15 rings (SSSR count). The third kappa shape index (κ3) is 21.0. The first-order valence-corrected chi connectivity index (χ1v) is 36.5. The van der Waals surface area contributed by atoms with Gasteiger partial charge in [-0.2, -0.15) is 20.7 Å². The number of nitrogens with one attached hydrogen (secondary N) is 6. The van der Waals surface area contributed by atoms with E-state index in [0.717, 1.165) is 105 Å². The summed E-state index contributed by atoms with van der Waals surface area (Å²) in [7, 11) is -0.456. The maximum absolute atomic E-state index is 13.1. The van der Waals surface area contributed by atoms with Crippen LogP contribution in [0.3, 0.4) is 0 Å². The summed E-state index contributed by atoms with van der Waals surface area (Å²) in [6.07, 6.45) is 20.5. The zero-order chi connectivity index (χ0) is 74.2. The Morgan fingerprint density at radius 3 is 1.32 bits per heavy atom. The largest absolute Gasteiger partial charge is 2.00 e. The minimum atomic E-state index is -0.545. The minimum absolute atomic E-state index is 0. The number of nitriles is 2. The fraction of sp³-hybridized carbons (Fsp3) is 0.532. The first-order valence-electron chi connectivity index (χ1n) is 35.8. The third-order valence-corrected chi connectivity index (χ3v) is 21.2. The molecular weight excluding hydrogens is 1550 g/mol. The first kappa shape index (κ1) is 87.7. The van der Waals surface area contributed by atoms with E-state index in [1.165, 1.54) is 31.4 Å². The Kier molecular flexibility index (Phi) is 28.9. The molecule has 9 heterocycles. The van der Waals surface area contributed by atoms with Gasteiger partial charge in [0.1, 0.15) is 28.2 Å². The van der Waals surface area contributed by atoms with E-state index in [0.29, 0.717) is 73.8 Å². The van der Waals surface area contributed by atoms with Crippen LogP contribution in [0.2, 0.25) is 10.3 Å². The Bertz CT molecular complexity index is 4370. The van der Waals surface area contributed by atoms with Gasteiger partial charge in [-0.1, -0.05) is 23.2 Å². The van der Waals surface area contributed by atoms with E-state index in [1.807, 2.05) is 113 Å². The summed E-state index contributed by atoms with van der Waals surface area (Å²) < 4.78 is 20.5. The molecule has 3 spiro atoms. The Hall–Kier alpha value is -6.48. The molecule has 8 fully saturated rings. The van der Waals surface area contributed by atoms with Gasteiger partial charge in [0, 0.05) is 80.9 Å². The molecule has 8 aliphatic rings. The van der Waals surface area contributed by atoms with Crippen LogP contribution in [-0.2, 0) is 18.8 Å². The molecule has 107 heavy (non-hydrogen) atoms. The van der Waals surface area contributed by atoms with E-state index < -0.39 is 18.3 Å². The molecule has 0 unspecified atom stereocenters. The summed E-state index contributed by atoms with van der Waals surface area (Å²) in [5.41, 5.74) is 7.48. The van der Waals surface area contributed by atoms with E-state index >= 15 is 0 Å². The number of carbonyl (C=O) groups is 4. The number of nitrogens with zero attached hydrogens (tertiary/aromatic N) is 9. The Labute approximate surface area is 677 Å². The second-order valence-corrected chi connectivity index (χ2v) is 33.0. The Balaban J connectivity index is 0.000000195. The van der Waals surface area contributed by atoms with Crippen molar-refractivity contribution in [3.63, 3.8) is 0 Å². The first-order chi connectivity index (χ1) is 48.6. The molecule has 2 saturated heterocycles. The van der Waals surface area contributed by atoms with Gasteiger partial charge in [0.15, 0.2) is 0 Å². The second kappa shape index (κ2) is 35.3. The molecule has 7 aromatic rings. The van der Waals surface area contributed by atoms with Crippen molar-refractivity contribution in [1.29, 1.82) is 10.5 Å². The summed E-state index contributed by atoms with van der Waals surface area (Å²) in [5.74, 6) is -0.0592. The van der Waals surface area contributed by atoms with Crippen molar-refractivity contribution >= 4 is 111 Å². The number of hydrogen-bond donors (Lipinski definition) is 8. The summed E-state index contributed by atoms with van der Waals surface area (Å²) in [5, 5.41) is 66.4. The molecule has 2 aliphatic heterocycles. The Morgan fingerprint density at radius 1 is 0.570 bits per heavy atom. The minimum Gasteiger partial charge on any atom is -1.00 e. The molecule has 7 aromatic heterocycles. The molecule has 0 atom stereocenters. The topological polar surface area (TPSA) is 329 Å². The van der Waals surface area contributed by atoms with Crippen LogP contribution in [0.15, 0.2) is 85.6 Å². The summed E-state index contributed by atoms with van der Waals surface area (Å²) >= 11 is 11.8. The standard InChI is InChI=1S/C25H28N6O2.C17H24ClN3O2.C16H20ClN3O2.C14H16BN3O2.C4H8O.CH3.ClH.HI.Mg/c1-15(2)29-20-7-21(22-5-4-18-6-16(10-26)11-28-31(18)22)27-12-19(20)23(32)30-17-8-25(9-17)13-24(3,33)14-25;1-10(2)20-13-4-14(18)19-7-12(13)15(22)21-11-5-17(6-11)8-16(3,23)9-17;1-9(2)19-13-3-14(17)18-8-12(13)15(22)20-10-4-16(5-10)6-11(21)7-16;1-13(2)14(3,4)20-15(19-13)12-6-5-11-7-10(8-16)9-17-18(11)12;1-2-4-5-3-1;;;;/h4-7,11-12,15,17,33H,8-9,13-14H2,1-3H3,(H,27,29)(H,30,32);4,7,10-11,23H,5-6,8-9H2,1-3H3,(H,19,20)(H,21,22);3,8-10H,4-7H2,1-2H3,(H,18,19)(H,20,22);5-7,9H,1-4H3;1-4H2;1H3;2*1H;/q;;;;;-1;;;+2/p-2. The summed E-state index contributed by atoms with van der Waals surface area (Å²) in [6.45, 7) is 25.9. The van der Waals surface area contributed by atoms with Gasteiger partial charge in [0.2, 0.25) is 0 Å². The van der Waals surface area contributed by atoms with Crippen molar-refractivity contribution in [2.24, 2.45) is 16.2 Å². The maximum atomic E-state index is 13.1. The molecule has 0 radical (unpaired) electrons. The van der Waals surface area contributed by atoms with Gasteiger partial charge in [-0.05, 0) is 231 Å². The van der Waals surface area contributed by atoms with Gasteiger partial charge in [-0.15, -0.1) is 0 Å². The van der Waals surface area contributed by atoms with E-state index in [1.54, 1.807) is 45.7 Å². The van der Waals surface area contributed by atoms with Crippen molar-refractivity contribution < 1.29 is 79.8 Å². The number of fused-ring (bicyclic) bond motifs is 2. The van der Waals surface area contributed by atoms with E-state index in [-0.39, 0.29) is 148 Å². The van der Waals surface area contributed by atoms with Crippen molar-refractivity contribution in [3.05, 3.63) is 131 Å². The van der Waals surface area contributed by atoms with Gasteiger partial charge in [0.25, 0.3) is 17.7 Å². The van der Waals surface area contributed by atoms with E-state index in [9.17, 15) is 29.4 Å². The number of amides is 3. The quantitative estimate of drug-likeness (QED) is 0.0281. The number of carbonyl (C=O) groups excluding carboxylic acids is 4. The number of rotatable bonds is 14. The number of hydrogen-bond acceptors (Lipinski definition) is 19. The number of aliphatic hydroxyl groups is 2. The monoisotopic (exact) mass is 1640 g/mol. The average molecular weight is 1650 g/mol. The fourth-order valence-electron chi connectivity index (χ4n) is 16.1. The number of halogens is 4. The van der Waals surface area contributed by atoms with Crippen molar-refractivity contribution in [3.8, 4) is 23.5 Å². The van der Waals surface area contributed by atoms with Gasteiger partial charge < -0.3 is 100.0 Å². The van der Waals surface area contributed by atoms with Gasteiger partial charge >= 0.3 is 30.2 Å². The zero-order valence-electron chi connectivity index (χ0n) is 63.4. The maximum Gasteiger partial charge on any atom is 2.00 e. The average Bonchev–Trinajstić information content (AvgIpc) is 1.62. The van der Waals surface area contributed by atoms with Gasteiger partial charge in [-0.25, -0.2) is 19.0 Å². The predicted octanol–water partition coefficient (Wildman–Crippen LogP) is 5.67. The Morgan fingerprint density at radius 2 is 0.944 bits per heavy atom. The molecule has 0 aromatic carbocycles. The SMILES string of the molecule is C1CCOC1.CC(C)Nc1cc(-c2ccc3cc(C#N)cnn23)ncc1C(=O)NC1CC2(C1)CC(C)(O)C2.CC(C)Nc1cc(Cl)ncc1C(=O)NC1CC2(C1)CC(C)(O)C2.CC(C)Nc1cc(Cl)ncc1C(=O)NC1CC2(CC(=O)C2)C1.CC1(C)OB(c2ccc3cc(C#N)cnn23)OC1(C)C.[CH3-].[Cl-].[I-].[Mg+2]. The van der Waals surface area contributed by atoms with Crippen molar-refractivity contribution in [2.75, 3.05) is 29.2 Å². The fourth-order valence-corrected chi connectivity index (χ4v) is 16.4. The van der Waals surface area contributed by atoms with Crippen LogP contribution in [0.1, 0.15) is 215 Å². The summed E-state index contributed by atoms with van der Waals surface area (Å²) in [4.78, 5) is 61.8. The number of anilines is 3. The van der Waals surface area contributed by atoms with Crippen LogP contribution in [0, 0.1) is 46.3 Å². The van der Waals surface area contributed by atoms with Crippen LogP contribution < -0.4 is 73.9 Å². The molecule has 30 heteroatoms. The number of ether oxygens (including phenoxy) is 1. The van der Waals surface area contributed by atoms with E-state index in [4.69, 9.17) is 47.8 Å². The second-order valence-electron chi connectivity index (χ2n) is 32.2. The number of pyridine rings is 3. The van der Waals surface area contributed by atoms with Crippen molar-refractivity contribution in [1.82, 2.24) is 50.1 Å². The van der Waals surface area contributed by atoms with E-state index in [2.05, 4.69) is 69.2 Å². The van der Waals surface area contributed by atoms with Gasteiger partial charge in [0.05, 0.1) is 108 Å². The molecule has 24 nitrogen and oxygen atoms in total. The molecule has 6 aliphatic carbocycles. The molecular formula is C77H99BCl3IMgN15O9-. The van der Waals surface area contributed by atoms with Gasteiger partial charge in [-0.3, -0.25) is 24.2 Å². The van der Waals surface area contributed by atoms with Crippen LogP contribution in [-0.4, -0.2) is 170 Å². The summed E-state index contributed by atoms with van der Waals surface area (Å²) in [6, 6.07) is 21.6. The molecule has 6 saturated carbocycles. The molecule has 8 N–H and O–H groups in total. The number of Topliss-reactive ketones (excluding diaryl/α,β-unsaturated/α-hetero) is 1. The van der Waals surface area contributed by atoms with Crippen LogP contribution in [0.5, 0.6) is 0 Å². The number of ketones is 1. The molecule has 0 bridgehead atoms. The molecule has 3 amide bonds. The van der Waals surface area contributed by atoms with Crippen LogP contribution in [0.25, 0.3) is 22.4 Å². The normalized spacial score (nSPS) is 23.9.